The van der Waals surface area contributed by atoms with E-state index < -0.39 is 5.97 Å². The zero-order valence-corrected chi connectivity index (χ0v) is 13.2. The third kappa shape index (κ3) is 2.63. The summed E-state index contributed by atoms with van der Waals surface area (Å²) in [4.78, 5) is 25.2. The van der Waals surface area contributed by atoms with E-state index in [1.54, 1.807) is 12.3 Å². The largest absolute Gasteiger partial charge is 0.450 e. The topological polar surface area (TPSA) is 108 Å². The highest BCUT2D eigenvalue weighted by atomic mass is 32.1. The van der Waals surface area contributed by atoms with Crippen LogP contribution in [0, 0.1) is 6.92 Å². The number of carbonyl (C=O) groups is 1. The van der Waals surface area contributed by atoms with E-state index in [9.17, 15) is 4.79 Å². The van der Waals surface area contributed by atoms with E-state index in [1.807, 2.05) is 24.4 Å². The Kier molecular flexibility index (Phi) is 3.50. The highest BCUT2D eigenvalue weighted by molar-refractivity contribution is 7.13. The van der Waals surface area contributed by atoms with Crippen molar-refractivity contribution in [2.45, 2.75) is 13.5 Å². The molecular formula is C14H10N6O3S. The fraction of sp³-hybridized carbons (Fsp3) is 0.143. The van der Waals surface area contributed by atoms with Crippen LogP contribution in [0.2, 0.25) is 0 Å². The molecule has 0 aliphatic rings. The van der Waals surface area contributed by atoms with Crippen molar-refractivity contribution in [2.75, 3.05) is 0 Å². The van der Waals surface area contributed by atoms with Crippen molar-refractivity contribution in [1.82, 2.24) is 29.7 Å². The average Bonchev–Trinajstić information content (AvgIpc) is 3.31. The molecule has 0 amide bonds. The number of nitrogens with zero attached hydrogens (tertiary/aromatic N) is 6. The number of rotatable bonds is 4. The number of hydrogen-bond acceptors (Lipinski definition) is 9. The van der Waals surface area contributed by atoms with Crippen LogP contribution in [0.25, 0.3) is 16.5 Å². The molecule has 0 saturated heterocycles. The summed E-state index contributed by atoms with van der Waals surface area (Å²) < 4.78 is 11.6. The summed E-state index contributed by atoms with van der Waals surface area (Å²) in [5, 5.41) is 9.83. The zero-order valence-electron chi connectivity index (χ0n) is 12.4. The van der Waals surface area contributed by atoms with Crippen LogP contribution in [-0.2, 0) is 11.3 Å². The lowest BCUT2D eigenvalue weighted by Gasteiger charge is -1.96. The lowest BCUT2D eigenvalue weighted by Crippen LogP contribution is -2.08. The molecule has 0 aromatic carbocycles. The monoisotopic (exact) mass is 342 g/mol. The molecule has 0 saturated carbocycles. The Hall–Kier alpha value is -3.14. The Labute approximate surface area is 138 Å². The van der Waals surface area contributed by atoms with Crippen LogP contribution in [0.15, 0.2) is 34.3 Å². The molecule has 4 aromatic rings. The molecule has 4 rings (SSSR count). The molecule has 0 aliphatic carbocycles. The minimum absolute atomic E-state index is 0.0743. The zero-order chi connectivity index (χ0) is 16.5. The van der Waals surface area contributed by atoms with E-state index in [0.29, 0.717) is 11.6 Å². The van der Waals surface area contributed by atoms with Crippen molar-refractivity contribution in [3.8, 4) is 10.7 Å². The lowest BCUT2D eigenvalue weighted by atomic mass is 10.4. The van der Waals surface area contributed by atoms with Gasteiger partial charge in [0.1, 0.15) is 0 Å². The van der Waals surface area contributed by atoms with Crippen molar-refractivity contribution in [1.29, 1.82) is 0 Å². The summed E-state index contributed by atoms with van der Waals surface area (Å²) in [6, 6.07) is 5.53. The molecular weight excluding hydrogens is 332 g/mol. The summed E-state index contributed by atoms with van der Waals surface area (Å²) in [5.41, 5.74) is 0.809. The van der Waals surface area contributed by atoms with E-state index in [4.69, 9.17) is 9.26 Å². The number of aromatic nitrogens is 6. The summed E-state index contributed by atoms with van der Waals surface area (Å²) in [5.74, 6) is 0.233. The summed E-state index contributed by atoms with van der Waals surface area (Å²) in [6.45, 7) is 1.68. The Morgan fingerprint density at radius 1 is 1.38 bits per heavy atom. The fourth-order valence-corrected chi connectivity index (χ4v) is 2.65. The first-order valence-electron chi connectivity index (χ1n) is 6.93. The van der Waals surface area contributed by atoms with Gasteiger partial charge in [-0.15, -0.1) is 16.4 Å². The maximum Gasteiger partial charge on any atom is 0.378 e. The third-order valence-corrected chi connectivity index (χ3v) is 4.01. The van der Waals surface area contributed by atoms with Gasteiger partial charge in [-0.25, -0.2) is 14.3 Å². The molecule has 0 aliphatic heterocycles. The second-order valence-corrected chi connectivity index (χ2v) is 5.75. The molecule has 0 bridgehead atoms. The van der Waals surface area contributed by atoms with Crippen molar-refractivity contribution in [3.63, 3.8) is 0 Å². The van der Waals surface area contributed by atoms with E-state index in [2.05, 4.69) is 25.2 Å². The van der Waals surface area contributed by atoms with Crippen LogP contribution in [0.3, 0.4) is 0 Å². The minimum Gasteiger partial charge on any atom is -0.450 e. The first-order chi connectivity index (χ1) is 11.7. The first kappa shape index (κ1) is 14.5. The van der Waals surface area contributed by atoms with Crippen molar-refractivity contribution >= 4 is 23.1 Å². The standard InChI is InChI=1S/C14H10N6O3S/c1-8-4-5-15-14-17-12(18-20(8)14)13(21)22-7-10-16-11(19-23-10)9-3-2-6-24-9/h2-6H,7H2,1H3. The minimum atomic E-state index is -0.684. The van der Waals surface area contributed by atoms with Gasteiger partial charge in [-0.05, 0) is 24.4 Å². The first-order valence-corrected chi connectivity index (χ1v) is 7.80. The van der Waals surface area contributed by atoms with E-state index in [1.165, 1.54) is 15.9 Å². The van der Waals surface area contributed by atoms with Gasteiger partial charge in [0.15, 0.2) is 6.61 Å². The molecule has 24 heavy (non-hydrogen) atoms. The summed E-state index contributed by atoms with van der Waals surface area (Å²) in [6.07, 6.45) is 1.60. The molecule has 120 valence electrons. The van der Waals surface area contributed by atoms with E-state index >= 15 is 0 Å². The number of thiophene rings is 1. The van der Waals surface area contributed by atoms with Gasteiger partial charge in [0.2, 0.25) is 5.82 Å². The predicted molar refractivity (Wildman–Crippen MR) is 82.2 cm³/mol. The number of ether oxygens (including phenoxy) is 1. The second kappa shape index (κ2) is 5.81. The smallest absolute Gasteiger partial charge is 0.378 e. The van der Waals surface area contributed by atoms with Gasteiger partial charge in [-0.3, -0.25) is 0 Å². The quantitative estimate of drug-likeness (QED) is 0.517. The van der Waals surface area contributed by atoms with Crippen LogP contribution in [0.5, 0.6) is 0 Å². The number of fused-ring (bicyclic) bond motifs is 1. The molecule has 9 nitrogen and oxygen atoms in total. The van der Waals surface area contributed by atoms with Crippen molar-refractivity contribution in [2.24, 2.45) is 0 Å². The Bertz CT molecular complexity index is 1010. The average molecular weight is 342 g/mol. The van der Waals surface area contributed by atoms with Crippen molar-refractivity contribution in [3.05, 3.63) is 47.2 Å². The molecule has 10 heteroatoms. The molecule has 4 heterocycles. The van der Waals surface area contributed by atoms with Gasteiger partial charge in [-0.1, -0.05) is 11.2 Å². The van der Waals surface area contributed by atoms with Crippen LogP contribution in [0.1, 0.15) is 22.2 Å². The Morgan fingerprint density at radius 3 is 3.08 bits per heavy atom. The van der Waals surface area contributed by atoms with Gasteiger partial charge in [0.05, 0.1) is 4.88 Å². The second-order valence-electron chi connectivity index (χ2n) is 4.80. The van der Waals surface area contributed by atoms with Gasteiger partial charge in [-0.2, -0.15) is 9.97 Å². The number of carbonyl (C=O) groups excluding carboxylic acids is 1. The maximum absolute atomic E-state index is 12.1. The molecule has 4 aromatic heterocycles. The third-order valence-electron chi connectivity index (χ3n) is 3.15. The Morgan fingerprint density at radius 2 is 2.29 bits per heavy atom. The normalized spacial score (nSPS) is 11.0. The lowest BCUT2D eigenvalue weighted by molar-refractivity contribution is 0.0415. The van der Waals surface area contributed by atoms with Gasteiger partial charge in [0.25, 0.3) is 17.5 Å². The Balaban J connectivity index is 1.47. The molecule has 0 unspecified atom stereocenters. The maximum atomic E-state index is 12.1. The van der Waals surface area contributed by atoms with Crippen LogP contribution in [-0.4, -0.2) is 35.7 Å². The van der Waals surface area contributed by atoms with Gasteiger partial charge < -0.3 is 9.26 Å². The number of hydrogen-bond donors (Lipinski definition) is 0. The molecule has 0 fully saturated rings. The van der Waals surface area contributed by atoms with Gasteiger partial charge >= 0.3 is 5.97 Å². The highest BCUT2D eigenvalue weighted by Gasteiger charge is 2.18. The molecule has 0 spiro atoms. The molecule has 0 N–H and O–H groups in total. The van der Waals surface area contributed by atoms with Crippen LogP contribution >= 0.6 is 11.3 Å². The summed E-state index contributed by atoms with van der Waals surface area (Å²) >= 11 is 1.49. The molecule has 0 radical (unpaired) electrons. The highest BCUT2D eigenvalue weighted by Crippen LogP contribution is 2.21. The summed E-state index contributed by atoms with van der Waals surface area (Å²) in [7, 11) is 0. The predicted octanol–water partition coefficient (Wildman–Crippen LogP) is 1.90. The van der Waals surface area contributed by atoms with Crippen LogP contribution in [0.4, 0.5) is 0 Å². The fourth-order valence-electron chi connectivity index (χ4n) is 2.00. The van der Waals surface area contributed by atoms with E-state index in [0.717, 1.165) is 10.6 Å². The molecule has 0 atom stereocenters. The SMILES string of the molecule is Cc1ccnc2nc(C(=O)OCc3nc(-c4cccs4)no3)nn12. The van der Waals surface area contributed by atoms with Crippen molar-refractivity contribution < 1.29 is 14.1 Å². The van der Waals surface area contributed by atoms with E-state index in [-0.39, 0.29) is 18.3 Å². The number of esters is 1. The number of aryl methyl sites for hydroxylation is 1. The van der Waals surface area contributed by atoms with Gasteiger partial charge in [0, 0.05) is 11.9 Å². The van der Waals surface area contributed by atoms with Crippen LogP contribution < -0.4 is 0 Å².